The summed E-state index contributed by atoms with van der Waals surface area (Å²) in [7, 11) is -1.39. The fraction of sp³-hybridized carbons (Fsp3) is 0.611. The summed E-state index contributed by atoms with van der Waals surface area (Å²) < 4.78 is 24.6. The van der Waals surface area contributed by atoms with Crippen LogP contribution in [0.15, 0.2) is 35.3 Å². The van der Waals surface area contributed by atoms with E-state index >= 15 is 0 Å². The van der Waals surface area contributed by atoms with Crippen LogP contribution in [0.5, 0.6) is 0 Å². The van der Waals surface area contributed by atoms with E-state index in [9.17, 15) is 8.42 Å². The fourth-order valence-corrected chi connectivity index (χ4v) is 3.47. The molecule has 0 amide bonds. The normalized spacial score (nSPS) is 13.1. The number of guanidine groups is 1. The summed E-state index contributed by atoms with van der Waals surface area (Å²) in [6.45, 7) is 8.65. The van der Waals surface area contributed by atoms with E-state index in [1.807, 2.05) is 25.1 Å². The number of sulfonamides is 1. The number of hydrogen-bond acceptors (Lipinski definition) is 3. The van der Waals surface area contributed by atoms with Crippen LogP contribution in [-0.2, 0) is 15.4 Å². The number of rotatable bonds is 9. The molecule has 142 valence electrons. The van der Waals surface area contributed by atoms with Crippen molar-refractivity contribution >= 4 is 16.0 Å². The molecule has 0 aliphatic carbocycles. The Morgan fingerprint density at radius 1 is 1.20 bits per heavy atom. The Balaban J connectivity index is 2.43. The topological polar surface area (TPSA) is 73.8 Å². The third kappa shape index (κ3) is 7.44. The van der Waals surface area contributed by atoms with Crippen molar-refractivity contribution < 1.29 is 8.42 Å². The third-order valence-electron chi connectivity index (χ3n) is 4.18. The Morgan fingerprint density at radius 2 is 1.84 bits per heavy atom. The van der Waals surface area contributed by atoms with Crippen LogP contribution in [0.25, 0.3) is 0 Å². The predicted molar refractivity (Wildman–Crippen MR) is 106 cm³/mol. The SMILES string of the molecule is CCN(CCCNC(=NC)NCC(C)(C)c1ccccc1)S(C)(=O)=O. The summed E-state index contributed by atoms with van der Waals surface area (Å²) in [5.74, 6) is 0.728. The van der Waals surface area contributed by atoms with E-state index in [1.165, 1.54) is 16.1 Å². The Bertz CT molecular complexity index is 642. The summed E-state index contributed by atoms with van der Waals surface area (Å²) in [6, 6.07) is 10.4. The van der Waals surface area contributed by atoms with Crippen molar-refractivity contribution in [2.24, 2.45) is 4.99 Å². The van der Waals surface area contributed by atoms with E-state index in [0.29, 0.717) is 19.6 Å². The molecule has 0 heterocycles. The molecule has 0 saturated heterocycles. The van der Waals surface area contributed by atoms with Crippen LogP contribution in [0.3, 0.4) is 0 Å². The first-order valence-electron chi connectivity index (χ1n) is 8.66. The highest BCUT2D eigenvalue weighted by molar-refractivity contribution is 7.88. The lowest BCUT2D eigenvalue weighted by Gasteiger charge is -2.27. The number of nitrogens with one attached hydrogen (secondary N) is 2. The van der Waals surface area contributed by atoms with Crippen LogP contribution in [0.1, 0.15) is 32.8 Å². The quantitative estimate of drug-likeness (QED) is 0.396. The smallest absolute Gasteiger partial charge is 0.211 e. The van der Waals surface area contributed by atoms with Crippen LogP contribution in [0.4, 0.5) is 0 Å². The molecule has 0 radical (unpaired) electrons. The van der Waals surface area contributed by atoms with Gasteiger partial charge in [0.1, 0.15) is 0 Å². The molecule has 0 spiro atoms. The van der Waals surface area contributed by atoms with E-state index in [1.54, 1.807) is 7.05 Å². The molecule has 1 aromatic rings. The minimum Gasteiger partial charge on any atom is -0.356 e. The van der Waals surface area contributed by atoms with Gasteiger partial charge in [-0.05, 0) is 12.0 Å². The number of nitrogens with zero attached hydrogens (tertiary/aromatic N) is 2. The molecule has 25 heavy (non-hydrogen) atoms. The standard InChI is InChI=1S/C18H32N4O2S/c1-6-22(25(5,23)24)14-10-13-20-17(19-4)21-15-18(2,3)16-11-8-7-9-12-16/h7-9,11-12H,6,10,13-15H2,1-5H3,(H2,19,20,21). The van der Waals surface area contributed by atoms with Gasteiger partial charge in [-0.3, -0.25) is 4.99 Å². The lowest BCUT2D eigenvalue weighted by molar-refractivity contribution is 0.423. The second kappa shape index (κ2) is 9.77. The molecule has 0 atom stereocenters. The summed E-state index contributed by atoms with van der Waals surface area (Å²) in [6.07, 6.45) is 1.97. The highest BCUT2D eigenvalue weighted by Crippen LogP contribution is 2.21. The average Bonchev–Trinajstić information content (AvgIpc) is 2.57. The number of benzene rings is 1. The van der Waals surface area contributed by atoms with Crippen molar-refractivity contribution in [2.75, 3.05) is 39.5 Å². The largest absolute Gasteiger partial charge is 0.356 e. The highest BCUT2D eigenvalue weighted by Gasteiger charge is 2.20. The zero-order valence-electron chi connectivity index (χ0n) is 16.0. The molecule has 1 aromatic carbocycles. The van der Waals surface area contributed by atoms with E-state index in [2.05, 4.69) is 41.6 Å². The van der Waals surface area contributed by atoms with Gasteiger partial charge in [0.25, 0.3) is 0 Å². The molecule has 0 saturated carbocycles. The van der Waals surface area contributed by atoms with Gasteiger partial charge in [-0.25, -0.2) is 12.7 Å². The molecule has 1 rings (SSSR count). The average molecular weight is 369 g/mol. The minimum atomic E-state index is -3.12. The van der Waals surface area contributed by atoms with Gasteiger partial charge < -0.3 is 10.6 Å². The van der Waals surface area contributed by atoms with Crippen LogP contribution < -0.4 is 10.6 Å². The maximum absolute atomic E-state index is 11.6. The van der Waals surface area contributed by atoms with Gasteiger partial charge in [-0.2, -0.15) is 0 Å². The maximum atomic E-state index is 11.6. The molecular weight excluding hydrogens is 336 g/mol. The van der Waals surface area contributed by atoms with Crippen molar-refractivity contribution in [2.45, 2.75) is 32.6 Å². The van der Waals surface area contributed by atoms with E-state index < -0.39 is 10.0 Å². The van der Waals surface area contributed by atoms with Crippen LogP contribution in [0, 0.1) is 0 Å². The first-order chi connectivity index (χ1) is 11.7. The van der Waals surface area contributed by atoms with Gasteiger partial charge >= 0.3 is 0 Å². The third-order valence-corrected chi connectivity index (χ3v) is 5.55. The van der Waals surface area contributed by atoms with Gasteiger partial charge in [0, 0.05) is 38.6 Å². The zero-order valence-corrected chi connectivity index (χ0v) is 16.9. The first kappa shape index (κ1) is 21.4. The lowest BCUT2D eigenvalue weighted by Crippen LogP contribution is -2.44. The molecule has 0 aromatic heterocycles. The number of aliphatic imine (C=N–C) groups is 1. The molecule has 2 N–H and O–H groups in total. The van der Waals surface area contributed by atoms with Crippen molar-refractivity contribution in [1.82, 2.24) is 14.9 Å². The summed E-state index contributed by atoms with van der Waals surface area (Å²) >= 11 is 0. The molecule has 6 nitrogen and oxygen atoms in total. The Hall–Kier alpha value is -1.60. The van der Waals surface area contributed by atoms with Crippen LogP contribution in [-0.4, -0.2) is 58.2 Å². The molecule has 0 fully saturated rings. The van der Waals surface area contributed by atoms with Crippen molar-refractivity contribution in [3.8, 4) is 0 Å². The van der Waals surface area contributed by atoms with E-state index in [0.717, 1.165) is 18.9 Å². The molecule has 0 aliphatic rings. The summed E-state index contributed by atoms with van der Waals surface area (Å²) in [5, 5.41) is 6.59. The molecular formula is C18H32N4O2S. The Morgan fingerprint density at radius 3 is 2.36 bits per heavy atom. The fourth-order valence-electron chi connectivity index (χ4n) is 2.54. The number of hydrogen-bond donors (Lipinski definition) is 2. The van der Waals surface area contributed by atoms with Crippen LogP contribution >= 0.6 is 0 Å². The molecule has 0 bridgehead atoms. The van der Waals surface area contributed by atoms with Gasteiger partial charge in [0.05, 0.1) is 6.26 Å². The lowest BCUT2D eigenvalue weighted by atomic mass is 9.85. The molecule has 0 unspecified atom stereocenters. The van der Waals surface area contributed by atoms with Gasteiger partial charge in [0.15, 0.2) is 5.96 Å². The highest BCUT2D eigenvalue weighted by atomic mass is 32.2. The Labute approximate surface area is 152 Å². The van der Waals surface area contributed by atoms with Gasteiger partial charge in [-0.15, -0.1) is 0 Å². The van der Waals surface area contributed by atoms with Crippen molar-refractivity contribution in [1.29, 1.82) is 0 Å². The van der Waals surface area contributed by atoms with Gasteiger partial charge in [-0.1, -0.05) is 51.1 Å². The second-order valence-corrected chi connectivity index (χ2v) is 8.69. The second-order valence-electron chi connectivity index (χ2n) is 6.71. The van der Waals surface area contributed by atoms with Crippen molar-refractivity contribution in [3.63, 3.8) is 0 Å². The molecule has 7 heteroatoms. The zero-order chi connectivity index (χ0) is 18.9. The maximum Gasteiger partial charge on any atom is 0.211 e. The summed E-state index contributed by atoms with van der Waals surface area (Å²) in [5.41, 5.74) is 1.25. The van der Waals surface area contributed by atoms with Crippen LogP contribution in [0.2, 0.25) is 0 Å². The monoisotopic (exact) mass is 368 g/mol. The Kier molecular flexibility index (Phi) is 8.38. The van der Waals surface area contributed by atoms with Gasteiger partial charge in [0.2, 0.25) is 10.0 Å². The summed E-state index contributed by atoms with van der Waals surface area (Å²) in [4.78, 5) is 4.23. The predicted octanol–water partition coefficient (Wildman–Crippen LogP) is 1.80. The van der Waals surface area contributed by atoms with E-state index in [4.69, 9.17) is 0 Å². The van der Waals surface area contributed by atoms with E-state index in [-0.39, 0.29) is 5.41 Å². The molecule has 0 aliphatic heterocycles. The first-order valence-corrected chi connectivity index (χ1v) is 10.5. The van der Waals surface area contributed by atoms with Crippen molar-refractivity contribution in [3.05, 3.63) is 35.9 Å². The minimum absolute atomic E-state index is 0.0197.